The molecule has 0 radical (unpaired) electrons. The predicted octanol–water partition coefficient (Wildman–Crippen LogP) is 2.72. The van der Waals surface area contributed by atoms with E-state index in [0.717, 1.165) is 3.79 Å². The Bertz CT molecular complexity index is 510. The third kappa shape index (κ3) is 2.08. The lowest BCUT2D eigenvalue weighted by atomic mass is 10.1. The summed E-state index contributed by atoms with van der Waals surface area (Å²) in [6.45, 7) is 0. The summed E-state index contributed by atoms with van der Waals surface area (Å²) < 4.78 is 0.924. The van der Waals surface area contributed by atoms with Gasteiger partial charge in [0, 0.05) is 18.1 Å². The molecule has 76 valence electrons. The highest BCUT2D eigenvalue weighted by molar-refractivity contribution is 9.11. The number of hydrogen-bond donors (Lipinski definition) is 1. The number of pyridine rings is 1. The minimum atomic E-state index is -0.0868. The topological polar surface area (TPSA) is 56.0 Å². The molecule has 0 unspecified atom stereocenters. The maximum Gasteiger partial charge on any atom is 0.206 e. The molecule has 2 heterocycles. The van der Waals surface area contributed by atoms with E-state index < -0.39 is 0 Å². The van der Waals surface area contributed by atoms with Crippen LogP contribution in [0, 0.1) is 0 Å². The number of nitrogens with zero attached hydrogens (tertiary/aromatic N) is 1. The minimum Gasteiger partial charge on any atom is -0.398 e. The van der Waals surface area contributed by atoms with Crippen molar-refractivity contribution in [2.45, 2.75) is 0 Å². The zero-order valence-corrected chi connectivity index (χ0v) is 10.0. The summed E-state index contributed by atoms with van der Waals surface area (Å²) in [5.41, 5.74) is 6.61. The Morgan fingerprint density at radius 1 is 1.40 bits per heavy atom. The number of halogens is 1. The third-order valence-corrected chi connectivity index (χ3v) is 3.52. The molecular formula is C10H7BrN2OS. The maximum atomic E-state index is 12.0. The number of nitrogens with two attached hydrogens (primary N) is 1. The first-order valence-corrected chi connectivity index (χ1v) is 5.79. The SMILES string of the molecule is Nc1ccncc1C(=O)c1ccc(Br)s1. The number of rotatable bonds is 2. The lowest BCUT2D eigenvalue weighted by Gasteiger charge is -2.00. The summed E-state index contributed by atoms with van der Waals surface area (Å²) in [7, 11) is 0. The van der Waals surface area contributed by atoms with E-state index in [4.69, 9.17) is 5.73 Å². The summed E-state index contributed by atoms with van der Waals surface area (Å²) in [5, 5.41) is 0. The van der Waals surface area contributed by atoms with Gasteiger partial charge in [0.15, 0.2) is 0 Å². The Morgan fingerprint density at radius 2 is 2.20 bits per heavy atom. The first kappa shape index (κ1) is 10.3. The highest BCUT2D eigenvalue weighted by Crippen LogP contribution is 2.25. The van der Waals surface area contributed by atoms with Crippen LogP contribution in [-0.2, 0) is 0 Å². The molecule has 3 nitrogen and oxygen atoms in total. The van der Waals surface area contributed by atoms with Gasteiger partial charge >= 0.3 is 0 Å². The van der Waals surface area contributed by atoms with Crippen LogP contribution in [0.1, 0.15) is 15.2 Å². The molecule has 15 heavy (non-hydrogen) atoms. The number of ketones is 1. The first-order valence-electron chi connectivity index (χ1n) is 4.18. The third-order valence-electron chi connectivity index (χ3n) is 1.90. The number of hydrogen-bond acceptors (Lipinski definition) is 4. The fraction of sp³-hybridized carbons (Fsp3) is 0. The van der Waals surface area contributed by atoms with Crippen molar-refractivity contribution in [3.8, 4) is 0 Å². The zero-order valence-electron chi connectivity index (χ0n) is 7.61. The number of thiophene rings is 1. The van der Waals surface area contributed by atoms with Crippen molar-refractivity contribution in [2.24, 2.45) is 0 Å². The molecule has 0 aliphatic rings. The van der Waals surface area contributed by atoms with Gasteiger partial charge in [0.05, 0.1) is 14.2 Å². The van der Waals surface area contributed by atoms with Crippen molar-refractivity contribution in [1.29, 1.82) is 0 Å². The van der Waals surface area contributed by atoms with Crippen LogP contribution in [0.4, 0.5) is 5.69 Å². The molecule has 2 N–H and O–H groups in total. The first-order chi connectivity index (χ1) is 7.18. The highest BCUT2D eigenvalue weighted by atomic mass is 79.9. The zero-order chi connectivity index (χ0) is 10.8. The molecule has 0 aromatic carbocycles. The van der Waals surface area contributed by atoms with Crippen molar-refractivity contribution < 1.29 is 4.79 Å². The number of carbonyl (C=O) groups is 1. The molecule has 0 fully saturated rings. The number of nitrogen functional groups attached to an aromatic ring is 1. The Morgan fingerprint density at radius 3 is 2.80 bits per heavy atom. The van der Waals surface area contributed by atoms with E-state index in [1.54, 1.807) is 18.3 Å². The monoisotopic (exact) mass is 282 g/mol. The Labute approximate surface area is 99.1 Å². The lowest BCUT2D eigenvalue weighted by molar-refractivity contribution is 0.104. The lowest BCUT2D eigenvalue weighted by Crippen LogP contribution is -2.03. The summed E-state index contributed by atoms with van der Waals surface area (Å²) in [6, 6.07) is 5.23. The molecule has 2 aromatic heterocycles. The molecule has 2 rings (SSSR count). The van der Waals surface area contributed by atoms with Gasteiger partial charge in [-0.15, -0.1) is 11.3 Å². The van der Waals surface area contributed by atoms with Gasteiger partial charge in [0.2, 0.25) is 5.78 Å². The Balaban J connectivity index is 2.41. The van der Waals surface area contributed by atoms with E-state index in [1.807, 2.05) is 6.07 Å². The van der Waals surface area contributed by atoms with E-state index >= 15 is 0 Å². The van der Waals surface area contributed by atoms with Gasteiger partial charge in [0.1, 0.15) is 0 Å². The quantitative estimate of drug-likeness (QED) is 0.862. The second-order valence-electron chi connectivity index (χ2n) is 2.90. The molecule has 0 atom stereocenters. The van der Waals surface area contributed by atoms with E-state index in [-0.39, 0.29) is 5.78 Å². The van der Waals surface area contributed by atoms with E-state index in [9.17, 15) is 4.79 Å². The van der Waals surface area contributed by atoms with Crippen molar-refractivity contribution >= 4 is 38.7 Å². The second-order valence-corrected chi connectivity index (χ2v) is 5.36. The largest absolute Gasteiger partial charge is 0.398 e. The fourth-order valence-corrected chi connectivity index (χ4v) is 2.50. The van der Waals surface area contributed by atoms with Crippen LogP contribution < -0.4 is 5.73 Å². The van der Waals surface area contributed by atoms with Gasteiger partial charge in [-0.25, -0.2) is 0 Å². The average molecular weight is 283 g/mol. The maximum absolute atomic E-state index is 12.0. The van der Waals surface area contributed by atoms with E-state index in [0.29, 0.717) is 16.1 Å². The molecule has 5 heteroatoms. The number of carbonyl (C=O) groups excluding carboxylic acids is 1. The number of aromatic nitrogens is 1. The normalized spacial score (nSPS) is 10.2. The predicted molar refractivity (Wildman–Crippen MR) is 64.1 cm³/mol. The van der Waals surface area contributed by atoms with Gasteiger partial charge in [-0.1, -0.05) is 0 Å². The van der Waals surface area contributed by atoms with Crippen LogP contribution in [0.5, 0.6) is 0 Å². The molecule has 0 bridgehead atoms. The van der Waals surface area contributed by atoms with Crippen LogP contribution in [0.2, 0.25) is 0 Å². The van der Waals surface area contributed by atoms with E-state index in [1.165, 1.54) is 17.5 Å². The van der Waals surface area contributed by atoms with Gasteiger partial charge in [-0.3, -0.25) is 9.78 Å². The molecule has 0 amide bonds. The van der Waals surface area contributed by atoms with Crippen LogP contribution in [0.25, 0.3) is 0 Å². The molecule has 0 aliphatic heterocycles. The summed E-state index contributed by atoms with van der Waals surface area (Å²) in [6.07, 6.45) is 3.06. The van der Waals surface area contributed by atoms with Crippen LogP contribution in [0.15, 0.2) is 34.4 Å². The van der Waals surface area contributed by atoms with Crippen molar-refractivity contribution in [2.75, 3.05) is 5.73 Å². The Hall–Kier alpha value is -1.20. The van der Waals surface area contributed by atoms with Crippen LogP contribution in [-0.4, -0.2) is 10.8 Å². The summed E-state index contributed by atoms with van der Waals surface area (Å²) in [4.78, 5) is 16.5. The molecular weight excluding hydrogens is 276 g/mol. The molecule has 0 saturated carbocycles. The van der Waals surface area contributed by atoms with Crippen LogP contribution >= 0.6 is 27.3 Å². The van der Waals surface area contributed by atoms with Crippen LogP contribution in [0.3, 0.4) is 0 Å². The summed E-state index contributed by atoms with van der Waals surface area (Å²) in [5.74, 6) is -0.0868. The van der Waals surface area contributed by atoms with E-state index in [2.05, 4.69) is 20.9 Å². The van der Waals surface area contributed by atoms with Crippen molar-refractivity contribution in [3.05, 3.63) is 44.8 Å². The van der Waals surface area contributed by atoms with Crippen molar-refractivity contribution in [1.82, 2.24) is 4.98 Å². The summed E-state index contributed by atoms with van der Waals surface area (Å²) >= 11 is 4.69. The molecule has 0 spiro atoms. The minimum absolute atomic E-state index is 0.0868. The van der Waals surface area contributed by atoms with Crippen molar-refractivity contribution in [3.63, 3.8) is 0 Å². The fourth-order valence-electron chi connectivity index (χ4n) is 1.16. The standard InChI is InChI=1S/C10H7BrN2OS/c11-9-2-1-8(15-9)10(14)6-5-13-4-3-7(6)12/h1-5H,(H2,12,13). The highest BCUT2D eigenvalue weighted by Gasteiger charge is 2.13. The van der Waals surface area contributed by atoms with Gasteiger partial charge < -0.3 is 5.73 Å². The smallest absolute Gasteiger partial charge is 0.206 e. The molecule has 0 saturated heterocycles. The Kier molecular flexibility index (Phi) is 2.83. The van der Waals surface area contributed by atoms with Gasteiger partial charge in [0.25, 0.3) is 0 Å². The average Bonchev–Trinajstić information content (AvgIpc) is 2.65. The van der Waals surface area contributed by atoms with Gasteiger partial charge in [-0.05, 0) is 34.1 Å². The molecule has 0 aliphatic carbocycles. The second kappa shape index (κ2) is 4.12. The number of anilines is 1. The van der Waals surface area contributed by atoms with Gasteiger partial charge in [-0.2, -0.15) is 0 Å². The molecule has 2 aromatic rings.